The number of benzene rings is 3. The highest BCUT2D eigenvalue weighted by Gasteiger charge is 2.26. The summed E-state index contributed by atoms with van der Waals surface area (Å²) >= 11 is 12.9. The average Bonchev–Trinajstić information content (AvgIpc) is 2.54. The second-order valence-corrected chi connectivity index (χ2v) is 5.88. The molecule has 0 aliphatic carbocycles. The lowest BCUT2D eigenvalue weighted by Crippen LogP contribution is -2.18. The molecule has 0 bridgehead atoms. The quantitative estimate of drug-likeness (QED) is 0.428. The molecule has 1 N–H and O–H groups in total. The first-order valence-electron chi connectivity index (χ1n) is 6.95. The molecule has 0 radical (unpaired) electrons. The maximum Gasteiger partial charge on any atom is 0.0836 e. The van der Waals surface area contributed by atoms with Gasteiger partial charge in [-0.05, 0) is 36.4 Å². The van der Waals surface area contributed by atoms with Crippen LogP contribution in [0.3, 0.4) is 0 Å². The minimum atomic E-state index is 0.624. The van der Waals surface area contributed by atoms with Gasteiger partial charge in [0.05, 0.1) is 38.5 Å². The Hall–Kier alpha value is -2.16. The Morgan fingerprint density at radius 1 is 0.636 bits per heavy atom. The fraction of sp³-hybridized carbons (Fsp3) is 0. The molecule has 0 amide bonds. The van der Waals surface area contributed by atoms with E-state index in [9.17, 15) is 0 Å². The van der Waals surface area contributed by atoms with Gasteiger partial charge >= 0.3 is 0 Å². The molecule has 1 heterocycles. The van der Waals surface area contributed by atoms with Crippen molar-refractivity contribution in [2.45, 2.75) is 0 Å². The first kappa shape index (κ1) is 13.5. The second-order valence-electron chi connectivity index (χ2n) is 5.06. The standard InChI is InChI=1S/C18H12Cl2N2/c19-12-6-5-7-13(20)18(12)22-16-10-3-1-8-14(16)21-15-9-2-4-11-17(15)22/h1-11,21H. The predicted molar refractivity (Wildman–Crippen MR) is 94.4 cm³/mol. The molecule has 0 unspecified atom stereocenters. The number of halogens is 2. The molecule has 0 fully saturated rings. The van der Waals surface area contributed by atoms with Crippen molar-refractivity contribution in [2.75, 3.05) is 10.2 Å². The predicted octanol–water partition coefficient (Wildman–Crippen LogP) is 6.52. The summed E-state index contributed by atoms with van der Waals surface area (Å²) in [7, 11) is 0. The fourth-order valence-corrected chi connectivity index (χ4v) is 3.33. The molecule has 4 rings (SSSR count). The molecule has 1 aliphatic rings. The number of anilines is 5. The van der Waals surface area contributed by atoms with Crippen molar-refractivity contribution in [1.82, 2.24) is 0 Å². The summed E-state index contributed by atoms with van der Waals surface area (Å²) in [5, 5.41) is 4.70. The van der Waals surface area contributed by atoms with E-state index in [0.29, 0.717) is 10.0 Å². The van der Waals surface area contributed by atoms with Crippen molar-refractivity contribution < 1.29 is 0 Å². The van der Waals surface area contributed by atoms with Crippen LogP contribution in [-0.4, -0.2) is 0 Å². The lowest BCUT2D eigenvalue weighted by atomic mass is 10.1. The van der Waals surface area contributed by atoms with Gasteiger partial charge in [0.15, 0.2) is 0 Å². The van der Waals surface area contributed by atoms with Gasteiger partial charge in [0, 0.05) is 0 Å². The van der Waals surface area contributed by atoms with Crippen LogP contribution in [0.1, 0.15) is 0 Å². The molecular weight excluding hydrogens is 315 g/mol. The van der Waals surface area contributed by atoms with Gasteiger partial charge in [-0.15, -0.1) is 0 Å². The number of nitrogens with one attached hydrogen (secondary N) is 1. The van der Waals surface area contributed by atoms with Gasteiger partial charge in [0.2, 0.25) is 0 Å². The molecule has 0 aromatic heterocycles. The summed E-state index contributed by atoms with van der Waals surface area (Å²) < 4.78 is 0. The second kappa shape index (κ2) is 5.24. The number of hydrogen-bond donors (Lipinski definition) is 1. The number of fused-ring (bicyclic) bond motifs is 2. The van der Waals surface area contributed by atoms with E-state index in [1.807, 2.05) is 54.6 Å². The molecule has 2 nitrogen and oxygen atoms in total. The summed E-state index contributed by atoms with van der Waals surface area (Å²) in [5.41, 5.74) is 4.90. The normalized spacial score (nSPS) is 12.4. The minimum absolute atomic E-state index is 0.624. The molecule has 3 aromatic rings. The van der Waals surface area contributed by atoms with E-state index >= 15 is 0 Å². The minimum Gasteiger partial charge on any atom is -0.352 e. The molecule has 22 heavy (non-hydrogen) atoms. The van der Waals surface area contributed by atoms with Crippen molar-refractivity contribution >= 4 is 51.6 Å². The van der Waals surface area contributed by atoms with E-state index in [4.69, 9.17) is 23.2 Å². The van der Waals surface area contributed by atoms with Gasteiger partial charge in [-0.2, -0.15) is 0 Å². The van der Waals surface area contributed by atoms with Crippen LogP contribution in [0, 0.1) is 0 Å². The third kappa shape index (κ3) is 2.04. The monoisotopic (exact) mass is 326 g/mol. The smallest absolute Gasteiger partial charge is 0.0836 e. The van der Waals surface area contributed by atoms with E-state index in [0.717, 1.165) is 28.4 Å². The van der Waals surface area contributed by atoms with Crippen LogP contribution >= 0.6 is 23.2 Å². The maximum atomic E-state index is 6.45. The highest BCUT2D eigenvalue weighted by molar-refractivity contribution is 6.39. The highest BCUT2D eigenvalue weighted by atomic mass is 35.5. The summed E-state index contributed by atoms with van der Waals surface area (Å²) in [6, 6.07) is 21.8. The zero-order chi connectivity index (χ0) is 15.1. The van der Waals surface area contributed by atoms with Crippen molar-refractivity contribution in [3.8, 4) is 0 Å². The third-order valence-electron chi connectivity index (χ3n) is 3.72. The molecular formula is C18H12Cl2N2. The summed E-state index contributed by atoms with van der Waals surface area (Å²) in [6.45, 7) is 0. The first-order valence-corrected chi connectivity index (χ1v) is 7.70. The Morgan fingerprint density at radius 3 is 1.68 bits per heavy atom. The molecule has 108 valence electrons. The number of nitrogens with zero attached hydrogens (tertiary/aromatic N) is 1. The van der Waals surface area contributed by atoms with Crippen LogP contribution in [0.5, 0.6) is 0 Å². The van der Waals surface area contributed by atoms with Gasteiger partial charge in [-0.25, -0.2) is 0 Å². The molecule has 0 saturated carbocycles. The summed E-state index contributed by atoms with van der Waals surface area (Å²) in [6.07, 6.45) is 0. The Bertz CT molecular complexity index is 795. The summed E-state index contributed by atoms with van der Waals surface area (Å²) in [4.78, 5) is 2.10. The fourth-order valence-electron chi connectivity index (χ4n) is 2.77. The Balaban J connectivity index is 2.03. The van der Waals surface area contributed by atoms with Crippen LogP contribution < -0.4 is 10.2 Å². The highest BCUT2D eigenvalue weighted by Crippen LogP contribution is 2.51. The Labute approximate surface area is 138 Å². The zero-order valence-electron chi connectivity index (χ0n) is 11.6. The van der Waals surface area contributed by atoms with Gasteiger partial charge in [0.1, 0.15) is 0 Å². The van der Waals surface area contributed by atoms with Gasteiger partial charge in [-0.3, -0.25) is 0 Å². The van der Waals surface area contributed by atoms with E-state index in [1.54, 1.807) is 0 Å². The topological polar surface area (TPSA) is 15.3 Å². The molecule has 0 spiro atoms. The van der Waals surface area contributed by atoms with Gasteiger partial charge in [-0.1, -0.05) is 53.5 Å². The van der Waals surface area contributed by atoms with Gasteiger partial charge in [0.25, 0.3) is 0 Å². The van der Waals surface area contributed by atoms with Crippen LogP contribution in [0.2, 0.25) is 10.0 Å². The largest absolute Gasteiger partial charge is 0.352 e. The third-order valence-corrected chi connectivity index (χ3v) is 4.33. The van der Waals surface area contributed by atoms with E-state index in [2.05, 4.69) is 22.3 Å². The van der Waals surface area contributed by atoms with Crippen LogP contribution in [0.15, 0.2) is 66.7 Å². The first-order chi connectivity index (χ1) is 10.8. The molecule has 0 saturated heterocycles. The molecule has 0 atom stereocenters. The molecule has 4 heteroatoms. The van der Waals surface area contributed by atoms with Gasteiger partial charge < -0.3 is 10.2 Å². The number of rotatable bonds is 1. The lowest BCUT2D eigenvalue weighted by molar-refractivity contribution is 1.25. The lowest BCUT2D eigenvalue weighted by Gasteiger charge is -2.34. The van der Waals surface area contributed by atoms with Crippen LogP contribution in [-0.2, 0) is 0 Å². The molecule has 3 aromatic carbocycles. The van der Waals surface area contributed by atoms with Crippen molar-refractivity contribution in [3.05, 3.63) is 76.8 Å². The number of hydrogen-bond acceptors (Lipinski definition) is 2. The number of para-hydroxylation sites is 5. The van der Waals surface area contributed by atoms with Crippen molar-refractivity contribution in [1.29, 1.82) is 0 Å². The SMILES string of the molecule is Clc1cccc(Cl)c1N1c2ccccc2Nc2ccccc21. The Kier molecular flexibility index (Phi) is 3.21. The van der Waals surface area contributed by atoms with E-state index < -0.39 is 0 Å². The van der Waals surface area contributed by atoms with E-state index in [-0.39, 0.29) is 0 Å². The van der Waals surface area contributed by atoms with Crippen molar-refractivity contribution in [3.63, 3.8) is 0 Å². The average molecular weight is 327 g/mol. The van der Waals surface area contributed by atoms with Crippen LogP contribution in [0.4, 0.5) is 28.4 Å². The van der Waals surface area contributed by atoms with Crippen molar-refractivity contribution in [2.24, 2.45) is 0 Å². The molecule has 1 aliphatic heterocycles. The summed E-state index contributed by atoms with van der Waals surface area (Å²) in [5.74, 6) is 0. The zero-order valence-corrected chi connectivity index (χ0v) is 13.1. The Morgan fingerprint density at radius 2 is 1.14 bits per heavy atom. The van der Waals surface area contributed by atoms with Crippen LogP contribution in [0.25, 0.3) is 0 Å². The van der Waals surface area contributed by atoms with E-state index in [1.165, 1.54) is 0 Å². The maximum absolute atomic E-state index is 6.45.